The van der Waals surface area contributed by atoms with Crippen LogP contribution in [-0.2, 0) is 24.2 Å². The predicted octanol–water partition coefficient (Wildman–Crippen LogP) is 2.34. The number of nitrogens with one attached hydrogen (secondary N) is 2. The summed E-state index contributed by atoms with van der Waals surface area (Å²) in [6, 6.07) is 5.54. The van der Waals surface area contributed by atoms with E-state index in [0.29, 0.717) is 10.3 Å². The lowest BCUT2D eigenvalue weighted by Crippen LogP contribution is -2.41. The summed E-state index contributed by atoms with van der Waals surface area (Å²) in [6.07, 6.45) is 3.31. The number of carbonyl (C=O) groups is 2. The molecule has 38 heavy (non-hydrogen) atoms. The fourth-order valence-corrected chi connectivity index (χ4v) is 6.84. The first-order valence-electron chi connectivity index (χ1n) is 12.1. The van der Waals surface area contributed by atoms with Gasteiger partial charge in [0.05, 0.1) is 29.1 Å². The quantitative estimate of drug-likeness (QED) is 0.365. The molecule has 1 saturated carbocycles. The average Bonchev–Trinajstić information content (AvgIpc) is 3.58. The van der Waals surface area contributed by atoms with Crippen molar-refractivity contribution >= 4 is 43.2 Å². The molecule has 204 valence electrons. The lowest BCUT2D eigenvalue weighted by atomic mass is 10.1. The van der Waals surface area contributed by atoms with Crippen molar-refractivity contribution in [2.45, 2.75) is 44.0 Å². The number of pyridine rings is 1. The van der Waals surface area contributed by atoms with Gasteiger partial charge in [-0.2, -0.15) is 0 Å². The molecule has 3 aromatic rings. The first kappa shape index (κ1) is 27.9. The van der Waals surface area contributed by atoms with E-state index in [0.717, 1.165) is 24.2 Å². The van der Waals surface area contributed by atoms with E-state index < -0.39 is 38.5 Å². The number of hydrogen-bond acceptors (Lipinski definition) is 8. The third kappa shape index (κ3) is 6.27. The molecule has 1 fully saturated rings. The van der Waals surface area contributed by atoms with E-state index in [1.54, 1.807) is 6.20 Å². The van der Waals surface area contributed by atoms with Gasteiger partial charge in [-0.25, -0.2) is 17.8 Å². The number of benzene rings is 1. The minimum Gasteiger partial charge on any atom is -0.384 e. The number of aromatic nitrogens is 2. The number of hydrogen-bond donors (Lipinski definition) is 2. The first-order valence-corrected chi connectivity index (χ1v) is 14.6. The van der Waals surface area contributed by atoms with Crippen molar-refractivity contribution in [1.29, 1.82) is 0 Å². The maximum Gasteiger partial charge on any atom is 0.250 e. The van der Waals surface area contributed by atoms with Crippen LogP contribution < -0.4 is 16.2 Å². The lowest BCUT2D eigenvalue weighted by molar-refractivity contribution is -0.126. The predicted molar refractivity (Wildman–Crippen MR) is 142 cm³/mol. The van der Waals surface area contributed by atoms with Crippen LogP contribution >= 0.6 is 11.3 Å². The Hall–Kier alpha value is -3.16. The number of methoxy groups -OCH3 is 1. The van der Waals surface area contributed by atoms with Gasteiger partial charge in [-0.1, -0.05) is 0 Å². The molecule has 0 spiro atoms. The lowest BCUT2D eigenvalue weighted by Gasteiger charge is -2.15. The number of sulfone groups is 1. The largest absolute Gasteiger partial charge is 0.384 e. The molecule has 1 aliphatic carbocycles. The van der Waals surface area contributed by atoms with Gasteiger partial charge >= 0.3 is 0 Å². The zero-order valence-corrected chi connectivity index (χ0v) is 22.8. The Balaban J connectivity index is 1.69. The van der Waals surface area contributed by atoms with Crippen LogP contribution in [0.4, 0.5) is 4.39 Å². The molecule has 4 rings (SSSR count). The van der Waals surface area contributed by atoms with E-state index in [2.05, 4.69) is 15.6 Å². The molecule has 2 aromatic heterocycles. The summed E-state index contributed by atoms with van der Waals surface area (Å²) in [5, 5.41) is 3.39. The van der Waals surface area contributed by atoms with E-state index >= 15 is 4.39 Å². The number of nitrogens with zero attached hydrogens (tertiary/aromatic N) is 2. The van der Waals surface area contributed by atoms with Gasteiger partial charge in [0.25, 0.3) is 5.56 Å². The van der Waals surface area contributed by atoms with Crippen LogP contribution in [0.25, 0.3) is 21.3 Å². The molecule has 2 heterocycles. The SMILES string of the molecule is COCCS(=O)(=O)C(C(=O)NCC(=O)NC1CC1)c1nc2cc(F)c(-c3ccc(=O)n(C(C)C)c3)cc2s1. The zero-order chi connectivity index (χ0) is 27.6. The molecule has 1 aliphatic rings. The third-order valence-corrected chi connectivity index (χ3v) is 9.18. The van der Waals surface area contributed by atoms with Crippen molar-refractivity contribution < 1.29 is 27.1 Å². The minimum absolute atomic E-state index is 0.0418. The summed E-state index contributed by atoms with van der Waals surface area (Å²) < 4.78 is 48.3. The van der Waals surface area contributed by atoms with Crippen molar-refractivity contribution in [1.82, 2.24) is 20.2 Å². The van der Waals surface area contributed by atoms with Crippen molar-refractivity contribution in [3.63, 3.8) is 0 Å². The van der Waals surface area contributed by atoms with E-state index in [1.165, 1.54) is 35.9 Å². The second-order valence-corrected chi connectivity index (χ2v) is 12.7. The van der Waals surface area contributed by atoms with Crippen LogP contribution in [-0.4, -0.2) is 61.8 Å². The Labute approximate surface area is 223 Å². The van der Waals surface area contributed by atoms with E-state index in [9.17, 15) is 22.8 Å². The fraction of sp³-hybridized carbons (Fsp3) is 0.440. The molecule has 2 N–H and O–H groups in total. The molecule has 1 atom stereocenters. The van der Waals surface area contributed by atoms with Crippen LogP contribution in [0.15, 0.2) is 35.3 Å². The maximum atomic E-state index is 15.1. The molecule has 2 amide bonds. The number of fused-ring (bicyclic) bond motifs is 1. The van der Waals surface area contributed by atoms with Crippen molar-refractivity contribution in [3.05, 3.63) is 51.6 Å². The molecular formula is C25H29FN4O6S2. The monoisotopic (exact) mass is 564 g/mol. The minimum atomic E-state index is -4.09. The van der Waals surface area contributed by atoms with Gasteiger partial charge in [-0.05, 0) is 38.8 Å². The van der Waals surface area contributed by atoms with E-state index in [-0.39, 0.29) is 46.9 Å². The van der Waals surface area contributed by atoms with Crippen LogP contribution in [0.1, 0.15) is 43.0 Å². The maximum absolute atomic E-state index is 15.1. The molecule has 0 bridgehead atoms. The van der Waals surface area contributed by atoms with Gasteiger partial charge in [0, 0.05) is 48.6 Å². The Morgan fingerprint density at radius 2 is 2.00 bits per heavy atom. The normalized spacial score (nSPS) is 14.6. The Bertz CT molecular complexity index is 1530. The summed E-state index contributed by atoms with van der Waals surface area (Å²) >= 11 is 0.952. The summed E-state index contributed by atoms with van der Waals surface area (Å²) in [5.74, 6) is -2.35. The Kier molecular flexibility index (Phi) is 8.28. The number of carbonyl (C=O) groups excluding carboxylic acids is 2. The topological polar surface area (TPSA) is 136 Å². The van der Waals surface area contributed by atoms with Crippen molar-refractivity contribution in [3.8, 4) is 11.1 Å². The van der Waals surface area contributed by atoms with Gasteiger partial charge in [0.15, 0.2) is 15.1 Å². The molecule has 1 unspecified atom stereocenters. The molecule has 0 saturated heterocycles. The third-order valence-electron chi connectivity index (χ3n) is 6.06. The van der Waals surface area contributed by atoms with Gasteiger partial charge < -0.3 is 19.9 Å². The molecule has 1 aromatic carbocycles. The number of amides is 2. The number of thiazole rings is 1. The van der Waals surface area contributed by atoms with E-state index in [4.69, 9.17) is 4.74 Å². The van der Waals surface area contributed by atoms with Gasteiger partial charge in [-0.15, -0.1) is 11.3 Å². The summed E-state index contributed by atoms with van der Waals surface area (Å²) in [6.45, 7) is 3.17. The second kappa shape index (κ2) is 11.3. The number of halogens is 1. The molecule has 10 nitrogen and oxygen atoms in total. The Morgan fingerprint density at radius 1 is 1.26 bits per heavy atom. The number of ether oxygens (including phenoxy) is 1. The molecule has 0 radical (unpaired) electrons. The highest BCUT2D eigenvalue weighted by Gasteiger charge is 2.37. The summed E-state index contributed by atoms with van der Waals surface area (Å²) in [7, 11) is -2.74. The summed E-state index contributed by atoms with van der Waals surface area (Å²) in [5.41, 5.74) is 0.652. The Morgan fingerprint density at radius 3 is 2.66 bits per heavy atom. The van der Waals surface area contributed by atoms with Crippen LogP contribution in [0.2, 0.25) is 0 Å². The van der Waals surface area contributed by atoms with Gasteiger partial charge in [-0.3, -0.25) is 14.4 Å². The smallest absolute Gasteiger partial charge is 0.250 e. The van der Waals surface area contributed by atoms with Gasteiger partial charge in [0.2, 0.25) is 11.8 Å². The molecular weight excluding hydrogens is 535 g/mol. The van der Waals surface area contributed by atoms with Crippen molar-refractivity contribution in [2.24, 2.45) is 0 Å². The second-order valence-electron chi connectivity index (χ2n) is 9.41. The van der Waals surface area contributed by atoms with Crippen molar-refractivity contribution in [2.75, 3.05) is 26.0 Å². The summed E-state index contributed by atoms with van der Waals surface area (Å²) in [4.78, 5) is 41.5. The highest BCUT2D eigenvalue weighted by Crippen LogP contribution is 2.35. The molecule has 13 heteroatoms. The highest BCUT2D eigenvalue weighted by atomic mass is 32.2. The standard InChI is InChI=1S/C25H29FN4O6S2/c1-14(2)30-13-15(4-7-22(30)32)17-10-20-19(11-18(17)26)29-25(37-20)23(38(34,35)9-8-36-3)24(33)27-12-21(31)28-16-5-6-16/h4,7,10-11,13-14,16,23H,5-6,8-9,12H2,1-3H3,(H,27,33)(H,28,31). The highest BCUT2D eigenvalue weighted by molar-refractivity contribution is 7.92. The van der Waals surface area contributed by atoms with Crippen LogP contribution in [0.3, 0.4) is 0 Å². The first-order chi connectivity index (χ1) is 18.0. The van der Waals surface area contributed by atoms with Crippen LogP contribution in [0, 0.1) is 5.82 Å². The van der Waals surface area contributed by atoms with Crippen LogP contribution in [0.5, 0.6) is 0 Å². The zero-order valence-electron chi connectivity index (χ0n) is 21.2. The fourth-order valence-electron chi connectivity index (χ4n) is 3.88. The average molecular weight is 565 g/mol. The molecule has 0 aliphatic heterocycles. The number of rotatable bonds is 11. The van der Waals surface area contributed by atoms with E-state index in [1.807, 2.05) is 13.8 Å². The van der Waals surface area contributed by atoms with Gasteiger partial charge in [0.1, 0.15) is 10.8 Å².